The van der Waals surface area contributed by atoms with Crippen LogP contribution in [-0.2, 0) is 10.1 Å². The lowest BCUT2D eigenvalue weighted by Gasteiger charge is -2.09. The Morgan fingerprint density at radius 3 is 2.48 bits per heavy atom. The molecule has 0 atom stereocenters. The van der Waals surface area contributed by atoms with E-state index in [0.717, 1.165) is 12.1 Å². The number of rotatable bonds is 4. The highest BCUT2D eigenvalue weighted by atomic mass is 32.2. The lowest BCUT2D eigenvalue weighted by Crippen LogP contribution is -2.12. The van der Waals surface area contributed by atoms with Crippen LogP contribution < -0.4 is 5.32 Å². The second-order valence-electron chi connectivity index (χ2n) is 5.61. The highest BCUT2D eigenvalue weighted by Gasteiger charge is 2.15. The first-order valence-electron chi connectivity index (χ1n) is 7.45. The third-order valence-corrected chi connectivity index (χ3v) is 4.61. The van der Waals surface area contributed by atoms with Crippen LogP contribution in [0.1, 0.15) is 10.4 Å². The molecule has 1 amide bonds. The number of hydrogen-bond donors (Lipinski definition) is 3. The van der Waals surface area contributed by atoms with E-state index in [1.165, 1.54) is 42.5 Å². The normalized spacial score (nSPS) is 11.3. The fourth-order valence-corrected chi connectivity index (χ4v) is 3.04. The monoisotopic (exact) mass is 388 g/mol. The van der Waals surface area contributed by atoms with Gasteiger partial charge in [0.25, 0.3) is 21.7 Å². The number of phenols is 1. The van der Waals surface area contributed by atoms with Gasteiger partial charge in [0.15, 0.2) is 0 Å². The number of non-ortho nitro benzene ring substituents is 1. The van der Waals surface area contributed by atoms with Gasteiger partial charge in [0, 0.05) is 34.8 Å². The number of fused-ring (bicyclic) bond motifs is 1. The SMILES string of the molecule is O=C(Nc1ccc2cc(S(=O)(=O)O)cc(O)c2c1)c1cccc([N+](=O)[O-])c1. The summed E-state index contributed by atoms with van der Waals surface area (Å²) in [6, 6.07) is 11.6. The number of carbonyl (C=O) groups is 1. The number of phenolic OH excluding ortho intramolecular Hbond substituents is 1. The van der Waals surface area contributed by atoms with E-state index in [0.29, 0.717) is 5.39 Å². The molecular formula is C17H12N2O7S. The molecule has 27 heavy (non-hydrogen) atoms. The Balaban J connectivity index is 1.94. The van der Waals surface area contributed by atoms with Crippen molar-refractivity contribution in [3.63, 3.8) is 0 Å². The number of nitrogens with zero attached hydrogens (tertiary/aromatic N) is 1. The van der Waals surface area contributed by atoms with Gasteiger partial charge in [0.05, 0.1) is 9.82 Å². The van der Waals surface area contributed by atoms with E-state index in [1.807, 2.05) is 0 Å². The minimum absolute atomic E-state index is 0.0789. The molecule has 0 radical (unpaired) electrons. The van der Waals surface area contributed by atoms with Gasteiger partial charge in [-0.15, -0.1) is 0 Å². The fraction of sp³-hybridized carbons (Fsp3) is 0. The molecule has 0 saturated heterocycles. The number of hydrogen-bond acceptors (Lipinski definition) is 6. The minimum atomic E-state index is -4.48. The van der Waals surface area contributed by atoms with Crippen molar-refractivity contribution in [2.24, 2.45) is 0 Å². The van der Waals surface area contributed by atoms with Crippen LogP contribution in [0.5, 0.6) is 5.75 Å². The standard InChI is InChI=1S/C17H12N2O7S/c20-16-9-14(27(24,25)26)7-10-4-5-12(8-15(10)16)18-17(21)11-2-1-3-13(6-11)19(22)23/h1-9,20H,(H,18,21)(H,24,25,26). The highest BCUT2D eigenvalue weighted by molar-refractivity contribution is 7.85. The number of anilines is 1. The first-order chi connectivity index (χ1) is 12.6. The zero-order valence-electron chi connectivity index (χ0n) is 13.5. The predicted molar refractivity (Wildman–Crippen MR) is 96.5 cm³/mol. The number of amides is 1. The molecular weight excluding hydrogens is 376 g/mol. The molecule has 3 aromatic carbocycles. The Bertz CT molecular complexity index is 1190. The molecule has 3 N–H and O–H groups in total. The van der Waals surface area contributed by atoms with Crippen LogP contribution in [0.3, 0.4) is 0 Å². The van der Waals surface area contributed by atoms with Crippen molar-refractivity contribution in [3.05, 3.63) is 70.3 Å². The summed E-state index contributed by atoms with van der Waals surface area (Å²) in [7, 11) is -4.48. The molecule has 138 valence electrons. The molecule has 0 aromatic heterocycles. The van der Waals surface area contributed by atoms with E-state index < -0.39 is 31.6 Å². The second kappa shape index (κ2) is 6.67. The number of benzene rings is 3. The molecule has 0 saturated carbocycles. The third-order valence-electron chi connectivity index (χ3n) is 3.78. The first-order valence-corrected chi connectivity index (χ1v) is 8.89. The van der Waals surface area contributed by atoms with Crippen LogP contribution in [0.25, 0.3) is 10.8 Å². The maximum absolute atomic E-state index is 12.3. The molecule has 3 aromatic rings. The summed E-state index contributed by atoms with van der Waals surface area (Å²) in [6.45, 7) is 0. The summed E-state index contributed by atoms with van der Waals surface area (Å²) in [5.74, 6) is -0.987. The Morgan fingerprint density at radius 2 is 1.81 bits per heavy atom. The number of nitro benzene ring substituents is 1. The molecule has 3 rings (SSSR count). The van der Waals surface area contributed by atoms with Crippen molar-refractivity contribution in [2.75, 3.05) is 5.32 Å². The summed E-state index contributed by atoms with van der Waals surface area (Å²) < 4.78 is 31.5. The van der Waals surface area contributed by atoms with Crippen molar-refractivity contribution in [3.8, 4) is 5.75 Å². The number of nitro groups is 1. The van der Waals surface area contributed by atoms with E-state index in [9.17, 15) is 28.4 Å². The molecule has 0 aliphatic heterocycles. The topological polar surface area (TPSA) is 147 Å². The van der Waals surface area contributed by atoms with Crippen molar-refractivity contribution in [2.45, 2.75) is 4.90 Å². The molecule has 0 bridgehead atoms. The maximum Gasteiger partial charge on any atom is 0.294 e. The van der Waals surface area contributed by atoms with E-state index >= 15 is 0 Å². The smallest absolute Gasteiger partial charge is 0.294 e. The number of carbonyl (C=O) groups excluding carboxylic acids is 1. The minimum Gasteiger partial charge on any atom is -0.507 e. The Kier molecular flexibility index (Phi) is 4.52. The number of aromatic hydroxyl groups is 1. The van der Waals surface area contributed by atoms with Gasteiger partial charge >= 0.3 is 0 Å². The summed E-state index contributed by atoms with van der Waals surface area (Å²) in [4.78, 5) is 22.0. The zero-order valence-corrected chi connectivity index (χ0v) is 14.3. The second-order valence-corrected chi connectivity index (χ2v) is 7.04. The van der Waals surface area contributed by atoms with Crippen molar-refractivity contribution in [1.29, 1.82) is 0 Å². The van der Waals surface area contributed by atoms with Crippen LogP contribution in [0.15, 0.2) is 59.5 Å². The summed E-state index contributed by atoms with van der Waals surface area (Å²) in [5.41, 5.74) is 0.140. The van der Waals surface area contributed by atoms with Crippen molar-refractivity contribution < 1.29 is 27.8 Å². The Labute approximate surface area is 152 Å². The van der Waals surface area contributed by atoms with Crippen LogP contribution in [0.4, 0.5) is 11.4 Å². The number of nitrogens with one attached hydrogen (secondary N) is 1. The van der Waals surface area contributed by atoms with Crippen LogP contribution >= 0.6 is 0 Å². The molecule has 0 aliphatic carbocycles. The quantitative estimate of drug-likeness (QED) is 0.354. The molecule has 0 aliphatic rings. The van der Waals surface area contributed by atoms with Gasteiger partial charge < -0.3 is 10.4 Å². The van der Waals surface area contributed by atoms with Crippen LogP contribution in [0.2, 0.25) is 0 Å². The van der Waals surface area contributed by atoms with Gasteiger partial charge in [0.2, 0.25) is 0 Å². The van der Waals surface area contributed by atoms with Crippen LogP contribution in [0, 0.1) is 10.1 Å². The molecule has 0 spiro atoms. The average molecular weight is 388 g/mol. The van der Waals surface area contributed by atoms with E-state index in [4.69, 9.17) is 4.55 Å². The summed E-state index contributed by atoms with van der Waals surface area (Å²) >= 11 is 0. The van der Waals surface area contributed by atoms with Crippen LogP contribution in [-0.4, -0.2) is 28.9 Å². The van der Waals surface area contributed by atoms with E-state index in [2.05, 4.69) is 5.32 Å². The fourth-order valence-electron chi connectivity index (χ4n) is 2.50. The van der Waals surface area contributed by atoms with E-state index in [-0.39, 0.29) is 22.3 Å². The molecule has 9 nitrogen and oxygen atoms in total. The van der Waals surface area contributed by atoms with Gasteiger partial charge in [-0.25, -0.2) is 0 Å². The molecule has 0 fully saturated rings. The van der Waals surface area contributed by atoms with Crippen molar-refractivity contribution in [1.82, 2.24) is 0 Å². The largest absolute Gasteiger partial charge is 0.507 e. The van der Waals surface area contributed by atoms with Gasteiger partial charge in [0.1, 0.15) is 5.75 Å². The maximum atomic E-state index is 12.3. The molecule has 0 heterocycles. The van der Waals surface area contributed by atoms with Gasteiger partial charge in [-0.2, -0.15) is 8.42 Å². The molecule has 0 unspecified atom stereocenters. The van der Waals surface area contributed by atoms with Gasteiger partial charge in [-0.05, 0) is 29.7 Å². The molecule has 10 heteroatoms. The Hall–Kier alpha value is -3.50. The van der Waals surface area contributed by atoms with Crippen molar-refractivity contribution >= 4 is 38.2 Å². The van der Waals surface area contributed by atoms with E-state index in [1.54, 1.807) is 0 Å². The average Bonchev–Trinajstić information content (AvgIpc) is 2.61. The lowest BCUT2D eigenvalue weighted by atomic mass is 10.1. The van der Waals surface area contributed by atoms with Gasteiger partial charge in [-0.3, -0.25) is 19.5 Å². The predicted octanol–water partition coefficient (Wildman–Crippen LogP) is 2.95. The third kappa shape index (κ3) is 3.86. The summed E-state index contributed by atoms with van der Waals surface area (Å²) in [5, 5.41) is 24.0. The first kappa shape index (κ1) is 18.3. The zero-order chi connectivity index (χ0) is 19.8. The summed E-state index contributed by atoms with van der Waals surface area (Å²) in [6.07, 6.45) is 0. The van der Waals surface area contributed by atoms with Gasteiger partial charge in [-0.1, -0.05) is 12.1 Å². The highest BCUT2D eigenvalue weighted by Crippen LogP contribution is 2.31. The Morgan fingerprint density at radius 1 is 1.07 bits per heavy atom. The lowest BCUT2D eigenvalue weighted by molar-refractivity contribution is -0.384.